The van der Waals surface area contributed by atoms with Crippen molar-refractivity contribution in [3.63, 3.8) is 0 Å². The van der Waals surface area contributed by atoms with Crippen LogP contribution in [-0.2, 0) is 10.0 Å². The lowest BCUT2D eigenvalue weighted by atomic mass is 10.2. The third kappa shape index (κ3) is 5.20. The van der Waals surface area contributed by atoms with E-state index in [1.54, 1.807) is 0 Å². The number of rotatable bonds is 8. The Bertz CT molecular complexity index is 600. The van der Waals surface area contributed by atoms with Crippen LogP contribution in [0.4, 0.5) is 0 Å². The van der Waals surface area contributed by atoms with Gasteiger partial charge in [0.2, 0.25) is 10.0 Å². The van der Waals surface area contributed by atoms with Crippen molar-refractivity contribution in [1.29, 1.82) is 0 Å². The number of halogens is 1. The van der Waals surface area contributed by atoms with Crippen molar-refractivity contribution in [3.8, 4) is 0 Å². The molecule has 1 rings (SSSR count). The molecule has 0 saturated heterocycles. The third-order valence-corrected chi connectivity index (χ3v) is 5.49. The first-order chi connectivity index (χ1) is 9.81. The summed E-state index contributed by atoms with van der Waals surface area (Å²) in [7, 11) is -3.69. The zero-order chi connectivity index (χ0) is 16.0. The second-order valence-corrected chi connectivity index (χ2v) is 7.30. The second-order valence-electron chi connectivity index (χ2n) is 4.37. The first-order valence-corrected chi connectivity index (χ1v) is 9.12. The minimum atomic E-state index is -3.69. The Morgan fingerprint density at radius 1 is 1.33 bits per heavy atom. The van der Waals surface area contributed by atoms with Gasteiger partial charge in [-0.05, 0) is 53.9 Å². The van der Waals surface area contributed by atoms with E-state index in [4.69, 9.17) is 5.11 Å². The summed E-state index contributed by atoms with van der Waals surface area (Å²) in [5, 5.41) is 9.04. The fraction of sp³-hybridized carbons (Fsp3) is 0.462. The Balaban J connectivity index is 2.84. The normalized spacial score (nSPS) is 11.8. The van der Waals surface area contributed by atoms with E-state index in [9.17, 15) is 13.2 Å². The fourth-order valence-electron chi connectivity index (χ4n) is 1.80. The molecule has 0 aromatic heterocycles. The Labute approximate surface area is 138 Å². The molecule has 2 N–H and O–H groups in total. The van der Waals surface area contributed by atoms with Crippen LogP contribution >= 0.6 is 22.6 Å². The van der Waals surface area contributed by atoms with Crippen molar-refractivity contribution in [2.24, 2.45) is 0 Å². The van der Waals surface area contributed by atoms with E-state index in [2.05, 4.69) is 9.62 Å². The number of aromatic carboxylic acids is 1. The predicted molar refractivity (Wildman–Crippen MR) is 89.1 cm³/mol. The van der Waals surface area contributed by atoms with E-state index < -0.39 is 16.0 Å². The number of carboxylic acids is 1. The summed E-state index contributed by atoms with van der Waals surface area (Å²) in [4.78, 5) is 13.1. The average Bonchev–Trinajstić information content (AvgIpc) is 2.43. The van der Waals surface area contributed by atoms with Crippen LogP contribution in [-0.4, -0.2) is 50.6 Å². The van der Waals surface area contributed by atoms with E-state index in [0.29, 0.717) is 16.7 Å². The summed E-state index contributed by atoms with van der Waals surface area (Å²) < 4.78 is 27.3. The summed E-state index contributed by atoms with van der Waals surface area (Å²) in [6.07, 6.45) is 0. The van der Waals surface area contributed by atoms with Gasteiger partial charge in [-0.1, -0.05) is 13.8 Å². The lowest BCUT2D eigenvalue weighted by Gasteiger charge is -2.18. The Morgan fingerprint density at radius 2 is 1.95 bits per heavy atom. The molecule has 21 heavy (non-hydrogen) atoms. The maximum absolute atomic E-state index is 12.2. The number of nitrogens with zero attached hydrogens (tertiary/aromatic N) is 1. The smallest absolute Gasteiger partial charge is 0.336 e. The molecular weight excluding hydrogens is 407 g/mol. The molecular formula is C13H19IN2O4S. The molecule has 0 aliphatic rings. The number of nitrogens with one attached hydrogen (secondary N) is 1. The van der Waals surface area contributed by atoms with Crippen LogP contribution in [0.5, 0.6) is 0 Å². The number of sulfonamides is 1. The Hall–Kier alpha value is -0.710. The van der Waals surface area contributed by atoms with Gasteiger partial charge in [0.25, 0.3) is 0 Å². The summed E-state index contributed by atoms with van der Waals surface area (Å²) >= 11 is 1.87. The summed E-state index contributed by atoms with van der Waals surface area (Å²) in [5.74, 6) is -1.14. The van der Waals surface area contributed by atoms with Crippen LogP contribution in [0, 0.1) is 3.57 Å². The quantitative estimate of drug-likeness (QED) is 0.617. The molecule has 118 valence electrons. The van der Waals surface area contributed by atoms with Crippen LogP contribution in [0.2, 0.25) is 0 Å². The van der Waals surface area contributed by atoms with Gasteiger partial charge in [-0.2, -0.15) is 0 Å². The van der Waals surface area contributed by atoms with Gasteiger partial charge in [-0.25, -0.2) is 17.9 Å². The zero-order valence-corrected chi connectivity index (χ0v) is 14.9. The number of carbonyl (C=O) groups is 1. The van der Waals surface area contributed by atoms with Crippen molar-refractivity contribution in [2.75, 3.05) is 26.2 Å². The van der Waals surface area contributed by atoms with Gasteiger partial charge in [-0.15, -0.1) is 0 Å². The van der Waals surface area contributed by atoms with Crippen molar-refractivity contribution in [3.05, 3.63) is 27.3 Å². The van der Waals surface area contributed by atoms with Crippen LogP contribution < -0.4 is 4.72 Å². The molecule has 0 bridgehead atoms. The maximum Gasteiger partial charge on any atom is 0.336 e. The molecule has 0 radical (unpaired) electrons. The molecule has 1 aromatic carbocycles. The van der Waals surface area contributed by atoms with E-state index in [0.717, 1.165) is 13.1 Å². The molecule has 0 fully saturated rings. The van der Waals surface area contributed by atoms with Crippen LogP contribution in [0.25, 0.3) is 0 Å². The SMILES string of the molecule is CCN(CC)CCNS(=O)(=O)c1ccc(I)c(C(=O)O)c1. The Morgan fingerprint density at radius 3 is 2.48 bits per heavy atom. The monoisotopic (exact) mass is 426 g/mol. The number of hydrogen-bond donors (Lipinski definition) is 2. The van der Waals surface area contributed by atoms with Gasteiger partial charge < -0.3 is 10.0 Å². The van der Waals surface area contributed by atoms with E-state index in [-0.39, 0.29) is 10.5 Å². The number of benzene rings is 1. The highest BCUT2D eigenvalue weighted by Crippen LogP contribution is 2.17. The molecule has 6 nitrogen and oxygen atoms in total. The summed E-state index contributed by atoms with van der Waals surface area (Å²) in [6, 6.07) is 4.08. The first-order valence-electron chi connectivity index (χ1n) is 6.56. The molecule has 0 spiro atoms. The lowest BCUT2D eigenvalue weighted by molar-refractivity contribution is 0.0695. The molecule has 0 amide bonds. The van der Waals surface area contributed by atoms with Gasteiger partial charge in [0.1, 0.15) is 0 Å². The zero-order valence-electron chi connectivity index (χ0n) is 12.0. The van der Waals surface area contributed by atoms with Crippen molar-refractivity contribution < 1.29 is 18.3 Å². The summed E-state index contributed by atoms with van der Waals surface area (Å²) in [5.41, 5.74) is -0.0118. The first kappa shape index (κ1) is 18.3. The molecule has 0 saturated carbocycles. The van der Waals surface area contributed by atoms with E-state index >= 15 is 0 Å². The average molecular weight is 426 g/mol. The lowest BCUT2D eigenvalue weighted by Crippen LogP contribution is -2.34. The molecule has 0 heterocycles. The largest absolute Gasteiger partial charge is 0.478 e. The van der Waals surface area contributed by atoms with Crippen molar-refractivity contribution in [1.82, 2.24) is 9.62 Å². The highest BCUT2D eigenvalue weighted by Gasteiger charge is 2.18. The molecule has 0 aliphatic heterocycles. The van der Waals surface area contributed by atoms with Crippen molar-refractivity contribution >= 4 is 38.6 Å². The van der Waals surface area contributed by atoms with E-state index in [1.165, 1.54) is 18.2 Å². The minimum absolute atomic E-state index is 0.0118. The second kappa shape index (κ2) is 8.06. The highest BCUT2D eigenvalue weighted by atomic mass is 127. The molecule has 0 unspecified atom stereocenters. The van der Waals surface area contributed by atoms with E-state index in [1.807, 2.05) is 36.4 Å². The van der Waals surface area contributed by atoms with Gasteiger partial charge in [0.15, 0.2) is 0 Å². The molecule has 8 heteroatoms. The van der Waals surface area contributed by atoms with Gasteiger partial charge >= 0.3 is 5.97 Å². The highest BCUT2D eigenvalue weighted by molar-refractivity contribution is 14.1. The molecule has 0 atom stereocenters. The van der Waals surface area contributed by atoms with Gasteiger partial charge in [0.05, 0.1) is 10.5 Å². The number of likely N-dealkylation sites (N-methyl/N-ethyl adjacent to an activating group) is 1. The van der Waals surface area contributed by atoms with Crippen LogP contribution in [0.3, 0.4) is 0 Å². The summed E-state index contributed by atoms with van der Waals surface area (Å²) in [6.45, 7) is 6.63. The standard InChI is InChI=1S/C13H19IN2O4S/c1-3-16(4-2)8-7-15-21(19,20)10-5-6-12(14)11(9-10)13(17)18/h5-6,9,15H,3-4,7-8H2,1-2H3,(H,17,18). The fourth-order valence-corrected chi connectivity index (χ4v) is 3.41. The Kier molecular flexibility index (Phi) is 7.04. The molecule has 0 aliphatic carbocycles. The van der Waals surface area contributed by atoms with Gasteiger partial charge in [0, 0.05) is 16.7 Å². The van der Waals surface area contributed by atoms with Crippen molar-refractivity contribution in [2.45, 2.75) is 18.7 Å². The maximum atomic E-state index is 12.2. The topological polar surface area (TPSA) is 86.7 Å². The van der Waals surface area contributed by atoms with Crippen LogP contribution in [0.1, 0.15) is 24.2 Å². The number of hydrogen-bond acceptors (Lipinski definition) is 4. The molecule has 1 aromatic rings. The predicted octanol–water partition coefficient (Wildman–Crippen LogP) is 1.61. The van der Waals surface area contributed by atoms with Gasteiger partial charge in [-0.3, -0.25) is 0 Å². The number of carboxylic acid groups (broad SMARTS) is 1. The minimum Gasteiger partial charge on any atom is -0.478 e. The third-order valence-electron chi connectivity index (χ3n) is 3.09. The van der Waals surface area contributed by atoms with Crippen LogP contribution in [0.15, 0.2) is 23.1 Å².